The predicted molar refractivity (Wildman–Crippen MR) is 158 cm³/mol. The lowest BCUT2D eigenvalue weighted by Gasteiger charge is -2.21. The summed E-state index contributed by atoms with van der Waals surface area (Å²) >= 11 is 0. The number of para-hydroxylation sites is 1. The van der Waals surface area contributed by atoms with E-state index in [0.29, 0.717) is 31.1 Å². The topological polar surface area (TPSA) is 61.7 Å². The average Bonchev–Trinajstić information content (AvgIpc) is 3.27. The van der Waals surface area contributed by atoms with E-state index in [-0.39, 0.29) is 24.1 Å². The summed E-state index contributed by atoms with van der Waals surface area (Å²) in [5.41, 5.74) is 5.63. The molecule has 1 atom stereocenters. The number of hydrogen-bond donors (Lipinski definition) is 1. The molecule has 7 heteroatoms. The lowest BCUT2D eigenvalue weighted by Crippen LogP contribution is -2.15. The first kappa shape index (κ1) is 26.4. The van der Waals surface area contributed by atoms with Crippen LogP contribution in [-0.2, 0) is 17.8 Å². The largest absolute Gasteiger partial charge is 0.497 e. The van der Waals surface area contributed by atoms with Gasteiger partial charge >= 0.3 is 0 Å². The molecule has 1 N–H and O–H groups in total. The van der Waals surface area contributed by atoms with Gasteiger partial charge in [-0.1, -0.05) is 42.5 Å². The van der Waals surface area contributed by atoms with Gasteiger partial charge in [0.2, 0.25) is 5.91 Å². The van der Waals surface area contributed by atoms with E-state index in [2.05, 4.69) is 16.1 Å². The SMILES string of the molecule is COc1ccc(CCOc2c(OC)cccc2[C@@H]2CC(=O)Nc3cccc4c3c2cn4Cc2cccc(F)c2)cc1. The third-order valence-corrected chi connectivity index (χ3v) is 7.62. The maximum absolute atomic E-state index is 14.0. The second-order valence-corrected chi connectivity index (χ2v) is 10.2. The maximum atomic E-state index is 14.0. The smallest absolute Gasteiger partial charge is 0.225 e. The molecule has 0 spiro atoms. The first-order valence-electron chi connectivity index (χ1n) is 13.6. The number of benzene rings is 4. The highest BCUT2D eigenvalue weighted by molar-refractivity contribution is 6.06. The van der Waals surface area contributed by atoms with Gasteiger partial charge < -0.3 is 24.1 Å². The fourth-order valence-electron chi connectivity index (χ4n) is 5.68. The number of anilines is 1. The van der Waals surface area contributed by atoms with Crippen LogP contribution in [0.4, 0.5) is 10.1 Å². The van der Waals surface area contributed by atoms with E-state index >= 15 is 0 Å². The third kappa shape index (κ3) is 5.35. The molecule has 1 aromatic heterocycles. The molecule has 1 aliphatic heterocycles. The van der Waals surface area contributed by atoms with Crippen LogP contribution in [0.3, 0.4) is 0 Å². The molecule has 208 valence electrons. The lowest BCUT2D eigenvalue weighted by atomic mass is 9.88. The summed E-state index contributed by atoms with van der Waals surface area (Å²) in [6.07, 6.45) is 3.03. The Morgan fingerprint density at radius 3 is 2.49 bits per heavy atom. The molecule has 41 heavy (non-hydrogen) atoms. The van der Waals surface area contributed by atoms with Crippen LogP contribution < -0.4 is 19.5 Å². The Morgan fingerprint density at radius 2 is 1.71 bits per heavy atom. The molecule has 0 fully saturated rings. The van der Waals surface area contributed by atoms with Gasteiger partial charge in [0.05, 0.1) is 32.0 Å². The van der Waals surface area contributed by atoms with Crippen molar-refractivity contribution in [3.05, 3.63) is 119 Å². The van der Waals surface area contributed by atoms with Crippen LogP contribution in [0.15, 0.2) is 91.1 Å². The van der Waals surface area contributed by atoms with Crippen molar-refractivity contribution in [1.82, 2.24) is 4.57 Å². The lowest BCUT2D eigenvalue weighted by molar-refractivity contribution is -0.116. The number of aromatic nitrogens is 1. The first-order chi connectivity index (χ1) is 20.0. The van der Waals surface area contributed by atoms with E-state index in [9.17, 15) is 9.18 Å². The summed E-state index contributed by atoms with van der Waals surface area (Å²) < 4.78 is 33.5. The van der Waals surface area contributed by atoms with Crippen LogP contribution in [0.1, 0.15) is 34.6 Å². The Kier molecular flexibility index (Phi) is 7.33. The maximum Gasteiger partial charge on any atom is 0.225 e. The van der Waals surface area contributed by atoms with E-state index in [1.807, 2.05) is 66.7 Å². The molecule has 4 aromatic carbocycles. The minimum atomic E-state index is -0.277. The number of nitrogens with zero attached hydrogens (tertiary/aromatic N) is 1. The van der Waals surface area contributed by atoms with Crippen molar-refractivity contribution in [2.45, 2.75) is 25.3 Å². The number of amides is 1. The van der Waals surface area contributed by atoms with Gasteiger partial charge in [0.25, 0.3) is 0 Å². The van der Waals surface area contributed by atoms with E-state index in [1.165, 1.54) is 6.07 Å². The van der Waals surface area contributed by atoms with Crippen LogP contribution in [0, 0.1) is 5.82 Å². The number of carbonyl (C=O) groups excluding carboxylic acids is 1. The average molecular weight is 551 g/mol. The van der Waals surface area contributed by atoms with Gasteiger partial charge in [0, 0.05) is 42.5 Å². The highest BCUT2D eigenvalue weighted by Crippen LogP contribution is 2.46. The number of methoxy groups -OCH3 is 2. The van der Waals surface area contributed by atoms with Crippen LogP contribution >= 0.6 is 0 Å². The molecule has 0 aliphatic carbocycles. The van der Waals surface area contributed by atoms with Crippen molar-refractivity contribution >= 4 is 22.5 Å². The second-order valence-electron chi connectivity index (χ2n) is 10.2. The highest BCUT2D eigenvalue weighted by Gasteiger charge is 2.31. The van der Waals surface area contributed by atoms with Crippen molar-refractivity contribution in [3.63, 3.8) is 0 Å². The van der Waals surface area contributed by atoms with Crippen molar-refractivity contribution < 1.29 is 23.4 Å². The van der Waals surface area contributed by atoms with Crippen molar-refractivity contribution in [2.24, 2.45) is 0 Å². The fourth-order valence-corrected chi connectivity index (χ4v) is 5.68. The third-order valence-electron chi connectivity index (χ3n) is 7.62. The monoisotopic (exact) mass is 550 g/mol. The summed E-state index contributed by atoms with van der Waals surface area (Å²) in [6, 6.07) is 26.3. The van der Waals surface area contributed by atoms with Gasteiger partial charge in [-0.25, -0.2) is 4.39 Å². The van der Waals surface area contributed by atoms with Gasteiger partial charge in [0.1, 0.15) is 11.6 Å². The van der Waals surface area contributed by atoms with E-state index in [1.54, 1.807) is 26.4 Å². The van der Waals surface area contributed by atoms with Gasteiger partial charge in [-0.2, -0.15) is 0 Å². The van der Waals surface area contributed by atoms with Gasteiger partial charge in [-0.15, -0.1) is 0 Å². The number of nitrogens with one attached hydrogen (secondary N) is 1. The zero-order chi connectivity index (χ0) is 28.3. The zero-order valence-electron chi connectivity index (χ0n) is 23.0. The van der Waals surface area contributed by atoms with Crippen LogP contribution in [0.2, 0.25) is 0 Å². The normalized spacial score (nSPS) is 14.4. The van der Waals surface area contributed by atoms with Crippen molar-refractivity contribution in [3.8, 4) is 17.2 Å². The highest BCUT2D eigenvalue weighted by atomic mass is 19.1. The quantitative estimate of drug-likeness (QED) is 0.216. The molecule has 6 nitrogen and oxygen atoms in total. The summed E-state index contributed by atoms with van der Waals surface area (Å²) in [6.45, 7) is 0.937. The number of hydrogen-bond acceptors (Lipinski definition) is 4. The molecule has 2 heterocycles. The Labute approximate surface area is 238 Å². The molecule has 0 saturated carbocycles. The molecule has 0 unspecified atom stereocenters. The van der Waals surface area contributed by atoms with Crippen LogP contribution in [0.25, 0.3) is 10.9 Å². The Hall–Kier alpha value is -4.78. The Balaban J connectivity index is 1.39. The standard InChI is InChI=1S/C34H31FN2O4/c1-39-25-14-12-22(13-15-25)16-17-41-34-26(8-4-11-31(34)40-2)27-19-32(38)36-29-9-5-10-30-33(29)28(27)21-37(30)20-23-6-3-7-24(35)18-23/h3-15,18,21,27H,16-17,19-20H2,1-2H3,(H,36,38)/t27-/m0/s1. The summed E-state index contributed by atoms with van der Waals surface area (Å²) in [4.78, 5) is 13.2. The molecular weight excluding hydrogens is 519 g/mol. The molecule has 6 rings (SSSR count). The molecule has 1 amide bonds. The van der Waals surface area contributed by atoms with Crippen LogP contribution in [0.5, 0.6) is 17.2 Å². The fraction of sp³-hybridized carbons (Fsp3) is 0.206. The minimum absolute atomic E-state index is 0.0672. The van der Waals surface area contributed by atoms with Crippen LogP contribution in [-0.4, -0.2) is 31.3 Å². The molecule has 5 aromatic rings. The van der Waals surface area contributed by atoms with E-state index < -0.39 is 0 Å². The summed E-state index contributed by atoms with van der Waals surface area (Å²) in [5, 5.41) is 4.08. The number of ether oxygens (including phenoxy) is 3. The molecule has 1 aliphatic rings. The minimum Gasteiger partial charge on any atom is -0.497 e. The molecular formula is C34H31FN2O4. The van der Waals surface area contributed by atoms with E-state index in [4.69, 9.17) is 14.2 Å². The first-order valence-corrected chi connectivity index (χ1v) is 13.6. The molecule has 0 bridgehead atoms. The number of carbonyl (C=O) groups is 1. The molecule has 0 radical (unpaired) electrons. The second kappa shape index (κ2) is 11.4. The zero-order valence-corrected chi connectivity index (χ0v) is 23.0. The van der Waals surface area contributed by atoms with Gasteiger partial charge in [-0.05, 0) is 59.2 Å². The summed E-state index contributed by atoms with van der Waals surface area (Å²) in [7, 11) is 3.27. The Morgan fingerprint density at radius 1 is 0.902 bits per heavy atom. The van der Waals surface area contributed by atoms with Gasteiger partial charge in [-0.3, -0.25) is 4.79 Å². The Bertz CT molecular complexity index is 1710. The number of rotatable bonds is 9. The number of halogens is 1. The summed E-state index contributed by atoms with van der Waals surface area (Å²) in [5.74, 6) is 1.45. The van der Waals surface area contributed by atoms with Crippen molar-refractivity contribution in [2.75, 3.05) is 26.1 Å². The predicted octanol–water partition coefficient (Wildman–Crippen LogP) is 6.94. The molecule has 0 saturated heterocycles. The van der Waals surface area contributed by atoms with E-state index in [0.717, 1.165) is 44.6 Å². The van der Waals surface area contributed by atoms with Crippen molar-refractivity contribution in [1.29, 1.82) is 0 Å². The van der Waals surface area contributed by atoms with Gasteiger partial charge in [0.15, 0.2) is 11.5 Å².